The van der Waals surface area contributed by atoms with Crippen LogP contribution in [0.4, 0.5) is 4.39 Å². The standard InChI is InChI=1S/C14H13FN4S/c1-7-12(13-17-19(7)13)14-16-10-5-9(15)8(6-18(2)3)4-11(10)20-14/h4-5H,6H2,1-3H3. The Morgan fingerprint density at radius 3 is 2.80 bits per heavy atom. The molecule has 0 saturated carbocycles. The molecule has 0 amide bonds. The Balaban J connectivity index is 1.82. The van der Waals surface area contributed by atoms with Gasteiger partial charge in [0.1, 0.15) is 10.8 Å². The van der Waals surface area contributed by atoms with Crippen molar-refractivity contribution in [3.05, 3.63) is 29.2 Å². The smallest absolute Gasteiger partial charge is 0.186 e. The molecule has 0 spiro atoms. The fourth-order valence-electron chi connectivity index (χ4n) is 2.49. The van der Waals surface area contributed by atoms with E-state index in [1.807, 2.05) is 36.7 Å². The van der Waals surface area contributed by atoms with Crippen molar-refractivity contribution in [1.82, 2.24) is 19.7 Å². The van der Waals surface area contributed by atoms with E-state index in [0.29, 0.717) is 12.1 Å². The summed E-state index contributed by atoms with van der Waals surface area (Å²) in [6.45, 7) is 2.62. The SMILES string of the molecule is Cc1c(-c2nc3cc(F)c(CN(C)C)cc3s2)c2nn1-2. The molecule has 102 valence electrons. The highest BCUT2D eigenvalue weighted by molar-refractivity contribution is 7.21. The van der Waals surface area contributed by atoms with E-state index >= 15 is 0 Å². The van der Waals surface area contributed by atoms with E-state index in [9.17, 15) is 4.39 Å². The number of benzene rings is 1. The van der Waals surface area contributed by atoms with E-state index in [0.717, 1.165) is 32.3 Å². The van der Waals surface area contributed by atoms with Crippen LogP contribution in [0.25, 0.3) is 26.6 Å². The lowest BCUT2D eigenvalue weighted by Gasteiger charge is -2.10. The molecule has 2 aromatic rings. The van der Waals surface area contributed by atoms with Crippen molar-refractivity contribution in [2.24, 2.45) is 0 Å². The summed E-state index contributed by atoms with van der Waals surface area (Å²) in [5.74, 6) is 0.822. The van der Waals surface area contributed by atoms with Crippen LogP contribution in [0.3, 0.4) is 0 Å². The highest BCUT2D eigenvalue weighted by Crippen LogP contribution is 2.43. The largest absolute Gasteiger partial charge is 0.305 e. The molecular weight excluding hydrogens is 275 g/mol. The normalized spacial score (nSPS) is 12.7. The van der Waals surface area contributed by atoms with Gasteiger partial charge in [-0.3, -0.25) is 0 Å². The second-order valence-electron chi connectivity index (χ2n) is 5.36. The van der Waals surface area contributed by atoms with Gasteiger partial charge in [-0.15, -0.1) is 16.4 Å². The monoisotopic (exact) mass is 288 g/mol. The van der Waals surface area contributed by atoms with Gasteiger partial charge in [0.15, 0.2) is 5.82 Å². The minimum atomic E-state index is -0.187. The Kier molecular flexibility index (Phi) is 2.32. The Bertz CT molecular complexity index is 847. The molecule has 4 nitrogen and oxygen atoms in total. The minimum absolute atomic E-state index is 0.187. The van der Waals surface area contributed by atoms with Gasteiger partial charge in [-0.2, -0.15) is 0 Å². The molecule has 0 aliphatic carbocycles. The van der Waals surface area contributed by atoms with E-state index in [4.69, 9.17) is 0 Å². The van der Waals surface area contributed by atoms with Crippen LogP contribution < -0.4 is 0 Å². The lowest BCUT2D eigenvalue weighted by atomic mass is 10.2. The Morgan fingerprint density at radius 2 is 2.15 bits per heavy atom. The van der Waals surface area contributed by atoms with Gasteiger partial charge in [0, 0.05) is 18.2 Å². The molecule has 3 heterocycles. The third-order valence-corrected chi connectivity index (χ3v) is 4.55. The van der Waals surface area contributed by atoms with Gasteiger partial charge >= 0.3 is 0 Å². The molecule has 0 N–H and O–H groups in total. The second kappa shape index (κ2) is 3.86. The molecule has 0 bridgehead atoms. The number of rotatable bonds is 3. The van der Waals surface area contributed by atoms with E-state index in [1.165, 1.54) is 6.07 Å². The van der Waals surface area contributed by atoms with Crippen LogP contribution in [-0.4, -0.2) is 33.8 Å². The molecule has 2 aliphatic rings. The first-order chi connectivity index (χ1) is 9.54. The molecule has 0 unspecified atom stereocenters. The highest BCUT2D eigenvalue weighted by Gasteiger charge is 2.32. The predicted octanol–water partition coefficient (Wildman–Crippen LogP) is 2.97. The third kappa shape index (κ3) is 1.61. The Labute approximate surface area is 119 Å². The second-order valence-corrected chi connectivity index (χ2v) is 6.39. The molecule has 1 aromatic carbocycles. The van der Waals surface area contributed by atoms with Gasteiger partial charge < -0.3 is 4.90 Å². The molecule has 6 heteroatoms. The highest BCUT2D eigenvalue weighted by atomic mass is 32.1. The van der Waals surface area contributed by atoms with Crippen molar-refractivity contribution >= 4 is 21.6 Å². The first-order valence-electron chi connectivity index (χ1n) is 6.38. The average molecular weight is 288 g/mol. The van der Waals surface area contributed by atoms with E-state index < -0.39 is 0 Å². The lowest BCUT2D eigenvalue weighted by molar-refractivity contribution is 0.393. The van der Waals surface area contributed by atoms with Crippen LogP contribution in [0.1, 0.15) is 11.3 Å². The number of nitrogens with zero attached hydrogens (tertiary/aromatic N) is 4. The van der Waals surface area contributed by atoms with E-state index in [-0.39, 0.29) is 5.82 Å². The van der Waals surface area contributed by atoms with Crippen LogP contribution in [0.2, 0.25) is 0 Å². The summed E-state index contributed by atoms with van der Waals surface area (Å²) in [6, 6.07) is 3.45. The van der Waals surface area contributed by atoms with Gasteiger partial charge in [-0.25, -0.2) is 14.1 Å². The molecule has 20 heavy (non-hydrogen) atoms. The molecule has 4 rings (SSSR count). The predicted molar refractivity (Wildman–Crippen MR) is 77.8 cm³/mol. The average Bonchev–Trinajstić information content (AvgIpc) is 2.96. The van der Waals surface area contributed by atoms with E-state index in [2.05, 4.69) is 10.1 Å². The zero-order valence-corrected chi connectivity index (χ0v) is 12.3. The molecule has 0 radical (unpaired) electrons. The van der Waals surface area contributed by atoms with Crippen molar-refractivity contribution in [2.45, 2.75) is 13.5 Å². The third-order valence-electron chi connectivity index (χ3n) is 3.52. The number of hydrogen-bond acceptors (Lipinski definition) is 4. The summed E-state index contributed by atoms with van der Waals surface area (Å²) >= 11 is 1.60. The zero-order valence-electron chi connectivity index (χ0n) is 11.4. The van der Waals surface area contributed by atoms with Crippen LogP contribution in [-0.2, 0) is 6.54 Å². The summed E-state index contributed by atoms with van der Waals surface area (Å²) in [7, 11) is 3.87. The fraction of sp³-hybridized carbons (Fsp3) is 0.286. The number of hydrogen-bond donors (Lipinski definition) is 0. The van der Waals surface area contributed by atoms with Crippen LogP contribution in [0.15, 0.2) is 12.1 Å². The molecular formula is C14H13FN4S. The maximum atomic E-state index is 14.0. The fourth-order valence-corrected chi connectivity index (χ4v) is 3.59. The van der Waals surface area contributed by atoms with Gasteiger partial charge in [-0.05, 0) is 27.1 Å². The van der Waals surface area contributed by atoms with Crippen molar-refractivity contribution in [1.29, 1.82) is 0 Å². The molecule has 0 saturated heterocycles. The van der Waals surface area contributed by atoms with Gasteiger partial charge in [0.2, 0.25) is 0 Å². The number of thiazole rings is 1. The zero-order chi connectivity index (χ0) is 14.0. The summed E-state index contributed by atoms with van der Waals surface area (Å²) in [5.41, 5.74) is 3.68. The molecule has 1 aromatic heterocycles. The number of aromatic nitrogens is 3. The Morgan fingerprint density at radius 1 is 1.35 bits per heavy atom. The van der Waals surface area contributed by atoms with Crippen LogP contribution in [0, 0.1) is 12.7 Å². The van der Waals surface area contributed by atoms with Gasteiger partial charge in [0.25, 0.3) is 0 Å². The maximum absolute atomic E-state index is 14.0. The molecule has 0 atom stereocenters. The van der Waals surface area contributed by atoms with E-state index in [1.54, 1.807) is 11.3 Å². The Hall–Kier alpha value is -1.79. The van der Waals surface area contributed by atoms with Crippen LogP contribution >= 0.6 is 11.3 Å². The first-order valence-corrected chi connectivity index (χ1v) is 7.20. The molecule has 2 aliphatic heterocycles. The number of halogens is 1. The molecule has 0 fully saturated rings. The van der Waals surface area contributed by atoms with Crippen LogP contribution in [0.5, 0.6) is 0 Å². The maximum Gasteiger partial charge on any atom is 0.186 e. The summed E-state index contributed by atoms with van der Waals surface area (Å²) in [5, 5.41) is 5.15. The summed E-state index contributed by atoms with van der Waals surface area (Å²) in [6.07, 6.45) is 0. The quantitative estimate of drug-likeness (QED) is 0.581. The minimum Gasteiger partial charge on any atom is -0.305 e. The first kappa shape index (κ1) is 12.0. The van der Waals surface area contributed by atoms with Crippen molar-refractivity contribution in [3.63, 3.8) is 0 Å². The van der Waals surface area contributed by atoms with Gasteiger partial charge in [0.05, 0.1) is 21.5 Å². The summed E-state index contributed by atoms with van der Waals surface area (Å²) < 4.78 is 17.0. The topological polar surface area (TPSA) is 34.0 Å². The number of fused-ring (bicyclic) bond motifs is 2. The lowest BCUT2D eigenvalue weighted by Crippen LogP contribution is -2.11. The van der Waals surface area contributed by atoms with Crippen molar-refractivity contribution < 1.29 is 4.39 Å². The summed E-state index contributed by atoms with van der Waals surface area (Å²) in [4.78, 5) is 6.50. The van der Waals surface area contributed by atoms with Crippen molar-refractivity contribution in [3.8, 4) is 16.4 Å². The van der Waals surface area contributed by atoms with Gasteiger partial charge in [-0.1, -0.05) is 0 Å². The van der Waals surface area contributed by atoms with Crippen molar-refractivity contribution in [2.75, 3.05) is 14.1 Å².